The van der Waals surface area contributed by atoms with Gasteiger partial charge >= 0.3 is 5.97 Å². The van der Waals surface area contributed by atoms with E-state index in [1.807, 2.05) is 20.8 Å². The molecule has 1 rings (SSSR count). The first kappa shape index (κ1) is 16.8. The molecule has 0 unspecified atom stereocenters. The minimum absolute atomic E-state index is 0.0697. The van der Waals surface area contributed by atoms with Crippen molar-refractivity contribution in [2.45, 2.75) is 39.2 Å². The van der Waals surface area contributed by atoms with Gasteiger partial charge in [-0.25, -0.2) is 4.79 Å². The second kappa shape index (κ2) is 8.82. The molecule has 0 saturated carbocycles. The highest BCUT2D eigenvalue weighted by atomic mass is 32.2. The van der Waals surface area contributed by atoms with Crippen molar-refractivity contribution in [3.8, 4) is 0 Å². The number of esters is 1. The minimum atomic E-state index is -0.127. The van der Waals surface area contributed by atoms with Crippen molar-refractivity contribution in [1.82, 2.24) is 0 Å². The molecule has 1 fully saturated rings. The average Bonchev–Trinajstić information content (AvgIpc) is 2.79. The van der Waals surface area contributed by atoms with Gasteiger partial charge in [0.1, 0.15) is 18.1 Å². The lowest BCUT2D eigenvalue weighted by Gasteiger charge is -2.19. The van der Waals surface area contributed by atoms with E-state index in [0.29, 0.717) is 32.2 Å². The first-order chi connectivity index (χ1) is 8.97. The van der Waals surface area contributed by atoms with Crippen molar-refractivity contribution in [1.29, 1.82) is 0 Å². The van der Waals surface area contributed by atoms with E-state index in [2.05, 4.69) is 0 Å². The van der Waals surface area contributed by atoms with Crippen LogP contribution in [0.3, 0.4) is 0 Å². The molecule has 0 radical (unpaired) electrons. The molecule has 0 aromatic heterocycles. The predicted octanol–water partition coefficient (Wildman–Crippen LogP) is 1.77. The summed E-state index contributed by atoms with van der Waals surface area (Å²) < 4.78 is 16.0. The third-order valence-electron chi connectivity index (χ3n) is 2.69. The van der Waals surface area contributed by atoms with Crippen LogP contribution in [0, 0.1) is 0 Å². The summed E-state index contributed by atoms with van der Waals surface area (Å²) in [7, 11) is 0.287. The first-order valence-corrected chi connectivity index (χ1v) is 8.72. The van der Waals surface area contributed by atoms with E-state index in [-0.39, 0.29) is 22.5 Å². The number of carbonyl (C=O) groups excluding carboxylic acids is 1. The topological polar surface area (TPSA) is 44.8 Å². The predicted molar refractivity (Wildman–Crippen MR) is 78.7 cm³/mol. The van der Waals surface area contributed by atoms with Crippen molar-refractivity contribution in [2.24, 2.45) is 0 Å². The van der Waals surface area contributed by atoms with E-state index >= 15 is 0 Å². The quantitative estimate of drug-likeness (QED) is 0.388. The molecule has 4 nitrogen and oxygen atoms in total. The van der Waals surface area contributed by atoms with Gasteiger partial charge in [0.15, 0.2) is 0 Å². The van der Waals surface area contributed by atoms with Crippen LogP contribution in [0.5, 0.6) is 0 Å². The van der Waals surface area contributed by atoms with Crippen LogP contribution in [0.1, 0.15) is 33.6 Å². The molecule has 0 N–H and O–H groups in total. The molecule has 1 aliphatic rings. The molecule has 5 heteroatoms. The molecule has 112 valence electrons. The molecule has 0 amide bonds. The average molecular weight is 291 g/mol. The van der Waals surface area contributed by atoms with Gasteiger partial charge in [0, 0.05) is 0 Å². The molecule has 0 spiro atoms. The maximum atomic E-state index is 11.5. The van der Waals surface area contributed by atoms with Crippen molar-refractivity contribution in [3.63, 3.8) is 0 Å². The summed E-state index contributed by atoms with van der Waals surface area (Å²) in [5.74, 6) is 2.94. The molecule has 0 aliphatic carbocycles. The lowest BCUT2D eigenvalue weighted by Crippen LogP contribution is -2.23. The van der Waals surface area contributed by atoms with E-state index in [9.17, 15) is 4.79 Å². The minimum Gasteiger partial charge on any atom is -0.460 e. The zero-order chi connectivity index (χ0) is 14.1. The maximum absolute atomic E-state index is 11.5. The summed E-state index contributed by atoms with van der Waals surface area (Å²) in [6.07, 6.45) is 2.54. The van der Waals surface area contributed by atoms with Gasteiger partial charge in [-0.2, -0.15) is 0 Å². The summed E-state index contributed by atoms with van der Waals surface area (Å²) in [5, 5.41) is 0. The standard InChI is InChI=1S/C14H27O4S/c1-14(2,3)18-9-7-16-6-8-17-13(15)12-19-10-4-5-11-19/h4-12H2,1-3H3/q+1. The SMILES string of the molecule is CC(C)(C)OCCOCCOC(=O)C[S+]1CCCC1. The summed E-state index contributed by atoms with van der Waals surface area (Å²) in [5.41, 5.74) is -0.127. The van der Waals surface area contributed by atoms with E-state index in [1.165, 1.54) is 24.3 Å². The number of ether oxygens (including phenoxy) is 3. The Bertz CT molecular complexity index is 257. The van der Waals surface area contributed by atoms with Gasteiger partial charge in [0.2, 0.25) is 5.75 Å². The number of rotatable bonds is 8. The number of carbonyl (C=O) groups is 1. The Kier molecular flexibility index (Phi) is 7.80. The van der Waals surface area contributed by atoms with Gasteiger partial charge in [-0.3, -0.25) is 0 Å². The Morgan fingerprint density at radius 3 is 2.32 bits per heavy atom. The molecular weight excluding hydrogens is 264 g/mol. The van der Waals surface area contributed by atoms with Gasteiger partial charge in [0.25, 0.3) is 0 Å². The molecule has 1 saturated heterocycles. The zero-order valence-corrected chi connectivity index (χ0v) is 13.2. The second-order valence-corrected chi connectivity index (χ2v) is 8.00. The van der Waals surface area contributed by atoms with Gasteiger partial charge < -0.3 is 14.2 Å². The summed E-state index contributed by atoms with van der Waals surface area (Å²) >= 11 is 0. The van der Waals surface area contributed by atoms with E-state index in [0.717, 1.165) is 0 Å². The Hall–Kier alpha value is -0.260. The van der Waals surface area contributed by atoms with Gasteiger partial charge in [0.05, 0.1) is 25.4 Å². The molecule has 0 aromatic carbocycles. The largest absolute Gasteiger partial charge is 0.460 e. The van der Waals surface area contributed by atoms with Crippen LogP contribution in [0.25, 0.3) is 0 Å². The smallest absolute Gasteiger partial charge is 0.356 e. The highest BCUT2D eigenvalue weighted by Gasteiger charge is 2.27. The van der Waals surface area contributed by atoms with Crippen molar-refractivity contribution < 1.29 is 19.0 Å². The van der Waals surface area contributed by atoms with Crippen LogP contribution in [0.2, 0.25) is 0 Å². The lowest BCUT2D eigenvalue weighted by atomic mass is 10.2. The fourth-order valence-corrected chi connectivity index (χ4v) is 3.92. The first-order valence-electron chi connectivity index (χ1n) is 6.99. The monoisotopic (exact) mass is 291 g/mol. The van der Waals surface area contributed by atoms with Crippen LogP contribution in [-0.4, -0.2) is 55.3 Å². The van der Waals surface area contributed by atoms with Crippen molar-refractivity contribution in [2.75, 3.05) is 43.7 Å². The summed E-state index contributed by atoms with van der Waals surface area (Å²) in [6.45, 7) is 7.95. The van der Waals surface area contributed by atoms with E-state index < -0.39 is 0 Å². The fraction of sp³-hybridized carbons (Fsp3) is 0.929. The molecule has 0 atom stereocenters. The Morgan fingerprint density at radius 1 is 1.05 bits per heavy atom. The van der Waals surface area contributed by atoms with E-state index in [1.54, 1.807) is 0 Å². The molecule has 1 aliphatic heterocycles. The Balaban J connectivity index is 1.88. The van der Waals surface area contributed by atoms with Crippen LogP contribution in [0.4, 0.5) is 0 Å². The molecule has 19 heavy (non-hydrogen) atoms. The zero-order valence-electron chi connectivity index (χ0n) is 12.4. The summed E-state index contributed by atoms with van der Waals surface area (Å²) in [6, 6.07) is 0. The van der Waals surface area contributed by atoms with E-state index in [4.69, 9.17) is 14.2 Å². The Morgan fingerprint density at radius 2 is 1.68 bits per heavy atom. The normalized spacial score (nSPS) is 16.8. The Labute approximate surface area is 119 Å². The van der Waals surface area contributed by atoms with Gasteiger partial charge in [-0.05, 0) is 44.5 Å². The molecule has 1 heterocycles. The van der Waals surface area contributed by atoms with Gasteiger partial charge in [-0.15, -0.1) is 0 Å². The maximum Gasteiger partial charge on any atom is 0.356 e. The summed E-state index contributed by atoms with van der Waals surface area (Å²) in [4.78, 5) is 11.5. The molecule has 0 aromatic rings. The van der Waals surface area contributed by atoms with Crippen molar-refractivity contribution in [3.05, 3.63) is 0 Å². The lowest BCUT2D eigenvalue weighted by molar-refractivity contribution is -0.142. The highest BCUT2D eigenvalue weighted by molar-refractivity contribution is 7.97. The third-order valence-corrected chi connectivity index (χ3v) is 5.07. The van der Waals surface area contributed by atoms with Crippen LogP contribution >= 0.6 is 0 Å². The third kappa shape index (κ3) is 9.30. The fourth-order valence-electron chi connectivity index (χ4n) is 1.79. The number of hydrogen-bond donors (Lipinski definition) is 0. The van der Waals surface area contributed by atoms with Gasteiger partial charge in [-0.1, -0.05) is 0 Å². The van der Waals surface area contributed by atoms with Crippen molar-refractivity contribution >= 4 is 16.9 Å². The van der Waals surface area contributed by atoms with Crippen LogP contribution in [-0.2, 0) is 29.9 Å². The molecular formula is C14H27O4S+. The van der Waals surface area contributed by atoms with Crippen LogP contribution in [0.15, 0.2) is 0 Å². The molecule has 0 bridgehead atoms. The highest BCUT2D eigenvalue weighted by Crippen LogP contribution is 2.13. The number of hydrogen-bond acceptors (Lipinski definition) is 4. The second-order valence-electron chi connectivity index (χ2n) is 5.67. The van der Waals surface area contributed by atoms with Crippen LogP contribution < -0.4 is 0 Å².